The molecule has 1 aliphatic rings. The van der Waals surface area contributed by atoms with E-state index in [9.17, 15) is 9.59 Å². The van der Waals surface area contributed by atoms with Crippen molar-refractivity contribution in [3.05, 3.63) is 40.3 Å². The van der Waals surface area contributed by atoms with Crippen molar-refractivity contribution in [1.29, 1.82) is 0 Å². The van der Waals surface area contributed by atoms with E-state index in [1.54, 1.807) is 12.1 Å². The molecule has 1 aliphatic carbocycles. The number of carbonyl (C=O) groups is 1. The SMILES string of the molecule is CC(C)Cn1nc(C(=O)NC2(CN)CCCC2)c2ccccc2c1=O.Cl. The summed E-state index contributed by atoms with van der Waals surface area (Å²) in [5.74, 6) is 0.00791. The fourth-order valence-electron chi connectivity index (χ4n) is 3.60. The maximum Gasteiger partial charge on any atom is 0.274 e. The molecule has 0 bridgehead atoms. The van der Waals surface area contributed by atoms with Crippen LogP contribution in [-0.2, 0) is 6.54 Å². The van der Waals surface area contributed by atoms with Crippen LogP contribution >= 0.6 is 12.4 Å². The lowest BCUT2D eigenvalue weighted by Crippen LogP contribution is -2.52. The standard InChI is InChI=1S/C19H26N4O2.ClH/c1-13(2)11-23-18(25)15-8-4-3-7-14(15)16(22-23)17(24)21-19(12-20)9-5-6-10-19;/h3-4,7-8,13H,5-6,9-12,20H2,1-2H3,(H,21,24);1H. The zero-order chi connectivity index (χ0) is 18.0. The maximum atomic E-state index is 13.0. The normalized spacial score (nSPS) is 15.8. The van der Waals surface area contributed by atoms with E-state index in [2.05, 4.69) is 10.4 Å². The molecule has 142 valence electrons. The van der Waals surface area contributed by atoms with E-state index in [0.717, 1.165) is 25.7 Å². The zero-order valence-corrected chi connectivity index (χ0v) is 16.1. The molecule has 0 unspecified atom stereocenters. The molecule has 0 saturated heterocycles. The van der Waals surface area contributed by atoms with Crippen LogP contribution in [0.4, 0.5) is 0 Å². The Bertz CT molecular complexity index is 841. The van der Waals surface area contributed by atoms with Gasteiger partial charge in [-0.05, 0) is 24.8 Å². The summed E-state index contributed by atoms with van der Waals surface area (Å²) in [7, 11) is 0. The minimum Gasteiger partial charge on any atom is -0.344 e. The van der Waals surface area contributed by atoms with Gasteiger partial charge in [-0.15, -0.1) is 12.4 Å². The number of amides is 1. The molecule has 7 heteroatoms. The number of carbonyl (C=O) groups excluding carboxylic acids is 1. The smallest absolute Gasteiger partial charge is 0.274 e. The lowest BCUT2D eigenvalue weighted by molar-refractivity contribution is 0.0897. The lowest BCUT2D eigenvalue weighted by Gasteiger charge is -2.28. The summed E-state index contributed by atoms with van der Waals surface area (Å²) < 4.78 is 1.41. The molecule has 2 aromatic rings. The minimum atomic E-state index is -0.348. The number of nitrogens with zero attached hydrogens (tertiary/aromatic N) is 2. The Hall–Kier alpha value is -1.92. The number of benzene rings is 1. The highest BCUT2D eigenvalue weighted by molar-refractivity contribution is 6.05. The molecule has 6 nitrogen and oxygen atoms in total. The molecule has 3 rings (SSSR count). The first kappa shape index (κ1) is 20.4. The molecule has 1 aromatic heterocycles. The van der Waals surface area contributed by atoms with Gasteiger partial charge in [-0.2, -0.15) is 5.10 Å². The van der Waals surface area contributed by atoms with Crippen molar-refractivity contribution in [1.82, 2.24) is 15.1 Å². The van der Waals surface area contributed by atoms with Crippen LogP contribution in [0.1, 0.15) is 50.0 Å². The molecule has 1 fully saturated rings. The predicted octanol–water partition coefficient (Wildman–Crippen LogP) is 2.48. The molecule has 26 heavy (non-hydrogen) atoms. The van der Waals surface area contributed by atoms with Crippen molar-refractivity contribution in [3.8, 4) is 0 Å². The number of nitrogens with one attached hydrogen (secondary N) is 1. The number of nitrogens with two attached hydrogens (primary N) is 1. The Morgan fingerprint density at radius 1 is 1.27 bits per heavy atom. The van der Waals surface area contributed by atoms with Gasteiger partial charge >= 0.3 is 0 Å². The topological polar surface area (TPSA) is 90.0 Å². The van der Waals surface area contributed by atoms with Crippen LogP contribution < -0.4 is 16.6 Å². The average molecular weight is 379 g/mol. The summed E-state index contributed by atoms with van der Waals surface area (Å²) >= 11 is 0. The van der Waals surface area contributed by atoms with Crippen LogP contribution in [0.15, 0.2) is 29.1 Å². The first-order valence-electron chi connectivity index (χ1n) is 8.98. The number of hydrogen-bond acceptors (Lipinski definition) is 4. The summed E-state index contributed by atoms with van der Waals surface area (Å²) in [6.45, 7) is 4.93. The summed E-state index contributed by atoms with van der Waals surface area (Å²) in [5, 5.41) is 8.63. The third-order valence-electron chi connectivity index (χ3n) is 4.95. The molecular formula is C19H27ClN4O2. The number of rotatable bonds is 5. The van der Waals surface area contributed by atoms with Gasteiger partial charge in [0.1, 0.15) is 0 Å². The van der Waals surface area contributed by atoms with Crippen molar-refractivity contribution in [2.75, 3.05) is 6.54 Å². The minimum absolute atomic E-state index is 0. The predicted molar refractivity (Wildman–Crippen MR) is 106 cm³/mol. The van der Waals surface area contributed by atoms with Crippen LogP contribution in [0.25, 0.3) is 10.8 Å². The Morgan fingerprint density at radius 2 is 1.88 bits per heavy atom. The number of aromatic nitrogens is 2. The summed E-state index contributed by atoms with van der Waals surface area (Å²) in [4.78, 5) is 25.6. The third kappa shape index (κ3) is 3.91. The molecule has 0 radical (unpaired) electrons. The molecule has 1 heterocycles. The van der Waals surface area contributed by atoms with Gasteiger partial charge in [0.15, 0.2) is 5.69 Å². The fourth-order valence-corrected chi connectivity index (χ4v) is 3.60. The largest absolute Gasteiger partial charge is 0.344 e. The third-order valence-corrected chi connectivity index (χ3v) is 4.95. The van der Waals surface area contributed by atoms with Crippen LogP contribution in [0.3, 0.4) is 0 Å². The molecule has 1 aromatic carbocycles. The van der Waals surface area contributed by atoms with E-state index in [0.29, 0.717) is 29.6 Å². The molecule has 3 N–H and O–H groups in total. The maximum absolute atomic E-state index is 13.0. The van der Waals surface area contributed by atoms with Gasteiger partial charge < -0.3 is 11.1 Å². The molecular weight excluding hydrogens is 352 g/mol. The Balaban J connectivity index is 0.00000243. The molecule has 1 amide bonds. The van der Waals surface area contributed by atoms with Crippen LogP contribution in [-0.4, -0.2) is 27.8 Å². The van der Waals surface area contributed by atoms with Crippen molar-refractivity contribution in [3.63, 3.8) is 0 Å². The van der Waals surface area contributed by atoms with Gasteiger partial charge in [-0.25, -0.2) is 4.68 Å². The second-order valence-electron chi connectivity index (χ2n) is 7.42. The van der Waals surface area contributed by atoms with Gasteiger partial charge in [-0.3, -0.25) is 9.59 Å². The van der Waals surface area contributed by atoms with Crippen LogP contribution in [0.5, 0.6) is 0 Å². The van der Waals surface area contributed by atoms with Gasteiger partial charge in [-0.1, -0.05) is 44.9 Å². The second-order valence-corrected chi connectivity index (χ2v) is 7.42. The van der Waals surface area contributed by atoms with E-state index >= 15 is 0 Å². The van der Waals surface area contributed by atoms with E-state index < -0.39 is 0 Å². The lowest BCUT2D eigenvalue weighted by atomic mass is 9.97. The summed E-state index contributed by atoms with van der Waals surface area (Å²) in [6, 6.07) is 7.16. The van der Waals surface area contributed by atoms with Gasteiger partial charge in [0.05, 0.1) is 10.9 Å². The summed E-state index contributed by atoms with van der Waals surface area (Å²) in [6.07, 6.45) is 3.91. The van der Waals surface area contributed by atoms with Crippen molar-refractivity contribution in [2.45, 2.75) is 51.6 Å². The highest BCUT2D eigenvalue weighted by atomic mass is 35.5. The second kappa shape index (κ2) is 8.18. The van der Waals surface area contributed by atoms with Crippen molar-refractivity contribution < 1.29 is 4.79 Å². The van der Waals surface area contributed by atoms with E-state index in [1.807, 2.05) is 26.0 Å². The van der Waals surface area contributed by atoms with E-state index in [-0.39, 0.29) is 35.3 Å². The van der Waals surface area contributed by atoms with Crippen molar-refractivity contribution >= 4 is 29.1 Å². The number of hydrogen-bond donors (Lipinski definition) is 2. The number of halogens is 1. The monoisotopic (exact) mass is 378 g/mol. The van der Waals surface area contributed by atoms with Crippen LogP contribution in [0, 0.1) is 5.92 Å². The van der Waals surface area contributed by atoms with Gasteiger partial charge in [0.25, 0.3) is 11.5 Å². The van der Waals surface area contributed by atoms with Crippen LogP contribution in [0.2, 0.25) is 0 Å². The Kier molecular flexibility index (Phi) is 6.42. The zero-order valence-electron chi connectivity index (χ0n) is 15.3. The average Bonchev–Trinajstić information content (AvgIpc) is 3.06. The van der Waals surface area contributed by atoms with Crippen molar-refractivity contribution in [2.24, 2.45) is 11.7 Å². The first-order valence-corrected chi connectivity index (χ1v) is 8.98. The molecule has 1 saturated carbocycles. The Morgan fingerprint density at radius 3 is 2.46 bits per heavy atom. The first-order chi connectivity index (χ1) is 12.0. The molecule has 0 atom stereocenters. The number of fused-ring (bicyclic) bond motifs is 1. The van der Waals surface area contributed by atoms with E-state index in [4.69, 9.17) is 5.73 Å². The Labute approximate surface area is 159 Å². The van der Waals surface area contributed by atoms with Gasteiger partial charge in [0, 0.05) is 18.5 Å². The highest BCUT2D eigenvalue weighted by Crippen LogP contribution is 2.29. The molecule has 0 aliphatic heterocycles. The summed E-state index contributed by atoms with van der Waals surface area (Å²) in [5.41, 5.74) is 5.73. The highest BCUT2D eigenvalue weighted by Gasteiger charge is 2.35. The van der Waals surface area contributed by atoms with Gasteiger partial charge in [0.2, 0.25) is 0 Å². The fraction of sp³-hybridized carbons (Fsp3) is 0.526. The quantitative estimate of drug-likeness (QED) is 0.836. The van der Waals surface area contributed by atoms with E-state index in [1.165, 1.54) is 4.68 Å². The molecule has 0 spiro atoms.